The maximum absolute atomic E-state index is 11.6. The average molecular weight is 284 g/mol. The topological polar surface area (TPSA) is 30.2 Å². The third-order valence-electron chi connectivity index (χ3n) is 2.84. The van der Waals surface area contributed by atoms with Gasteiger partial charge in [0.05, 0.1) is 6.42 Å². The fraction of sp³-hybridized carbons (Fsp3) is 0.538. The monoisotopic (exact) mass is 284 g/mol. The van der Waals surface area contributed by atoms with Crippen molar-refractivity contribution in [2.75, 3.05) is 11.5 Å². The van der Waals surface area contributed by atoms with Crippen molar-refractivity contribution in [3.63, 3.8) is 0 Å². The van der Waals surface area contributed by atoms with Crippen LogP contribution in [0.4, 0.5) is 0 Å². The van der Waals surface area contributed by atoms with Gasteiger partial charge in [-0.2, -0.15) is 0 Å². The summed E-state index contributed by atoms with van der Waals surface area (Å²) in [5, 5.41) is 0. The lowest BCUT2D eigenvalue weighted by atomic mass is 10.3. The lowest BCUT2D eigenvalue weighted by Crippen LogP contribution is -2.36. The van der Waals surface area contributed by atoms with E-state index in [-0.39, 0.29) is 12.1 Å². The van der Waals surface area contributed by atoms with E-state index >= 15 is 0 Å². The van der Waals surface area contributed by atoms with Crippen molar-refractivity contribution in [2.24, 2.45) is 0 Å². The molecule has 1 aromatic heterocycles. The van der Waals surface area contributed by atoms with Gasteiger partial charge in [0.15, 0.2) is 11.9 Å². The molecule has 2 heterocycles. The first-order valence-corrected chi connectivity index (χ1v) is 8.63. The number of aryl methyl sites for hydroxylation is 2. The van der Waals surface area contributed by atoms with Crippen LogP contribution in [0.25, 0.3) is 0 Å². The van der Waals surface area contributed by atoms with Gasteiger partial charge in [0.2, 0.25) is 0 Å². The van der Waals surface area contributed by atoms with E-state index in [1.807, 2.05) is 18.3 Å². The molecular weight excluding hydrogens is 266 g/mol. The second-order valence-electron chi connectivity index (χ2n) is 4.32. The van der Waals surface area contributed by atoms with Crippen LogP contribution in [-0.2, 0) is 16.1 Å². The first-order chi connectivity index (χ1) is 8.75. The molecule has 0 radical (unpaired) electrons. The number of carbonyl (C=O) groups is 1. The minimum atomic E-state index is -0.0581. The Morgan fingerprint density at radius 2 is 2.22 bits per heavy atom. The Morgan fingerprint density at radius 1 is 1.44 bits per heavy atom. The van der Waals surface area contributed by atoms with Crippen LogP contribution in [0.5, 0.6) is 0 Å². The SMILES string of the molecule is Cc1cccc[n+]1CCCC(=O)OC1CSSC1. The van der Waals surface area contributed by atoms with Crippen LogP contribution in [-0.4, -0.2) is 23.6 Å². The van der Waals surface area contributed by atoms with Gasteiger partial charge in [-0.05, 0) is 0 Å². The van der Waals surface area contributed by atoms with Crippen LogP contribution in [0.2, 0.25) is 0 Å². The molecular formula is C13H18NO2S2+. The summed E-state index contributed by atoms with van der Waals surface area (Å²) in [7, 11) is 3.56. The third kappa shape index (κ3) is 4.21. The normalized spacial score (nSPS) is 15.8. The Balaban J connectivity index is 1.68. The van der Waals surface area contributed by atoms with Crippen molar-refractivity contribution in [3.05, 3.63) is 30.1 Å². The zero-order chi connectivity index (χ0) is 12.8. The highest BCUT2D eigenvalue weighted by Crippen LogP contribution is 2.32. The van der Waals surface area contributed by atoms with E-state index in [1.54, 1.807) is 21.6 Å². The first-order valence-electron chi connectivity index (χ1n) is 6.14. The minimum absolute atomic E-state index is 0.0581. The second-order valence-corrected chi connectivity index (χ2v) is 6.87. The number of nitrogens with zero attached hydrogens (tertiary/aromatic N) is 1. The second kappa shape index (κ2) is 7.04. The first kappa shape index (κ1) is 13.7. The summed E-state index contributed by atoms with van der Waals surface area (Å²) in [6, 6.07) is 6.11. The molecule has 0 aliphatic carbocycles. The molecule has 1 aliphatic rings. The van der Waals surface area contributed by atoms with Crippen LogP contribution < -0.4 is 4.57 Å². The number of rotatable bonds is 5. The molecule has 3 nitrogen and oxygen atoms in total. The van der Waals surface area contributed by atoms with Gasteiger partial charge < -0.3 is 4.74 Å². The highest BCUT2D eigenvalue weighted by atomic mass is 33.1. The maximum atomic E-state index is 11.6. The van der Waals surface area contributed by atoms with Gasteiger partial charge in [-0.15, -0.1) is 0 Å². The van der Waals surface area contributed by atoms with Gasteiger partial charge in [0, 0.05) is 37.0 Å². The van der Waals surface area contributed by atoms with E-state index in [0.29, 0.717) is 6.42 Å². The maximum Gasteiger partial charge on any atom is 0.306 e. The summed E-state index contributed by atoms with van der Waals surface area (Å²) >= 11 is 0. The molecule has 0 saturated carbocycles. The van der Waals surface area contributed by atoms with Gasteiger partial charge in [0.25, 0.3) is 0 Å². The smallest absolute Gasteiger partial charge is 0.306 e. The summed E-state index contributed by atoms with van der Waals surface area (Å²) in [6.45, 7) is 2.95. The standard InChI is InChI=1S/C13H18NO2S2/c1-11-5-2-3-7-14(11)8-4-6-13(15)16-12-9-17-18-10-12/h2-3,5,7,12H,4,6,8-10H2,1H3/q+1. The number of pyridine rings is 1. The number of carbonyl (C=O) groups excluding carboxylic acids is 1. The van der Waals surface area contributed by atoms with Gasteiger partial charge in [-0.1, -0.05) is 27.7 Å². The predicted octanol–water partition coefficient (Wildman–Crippen LogP) is 2.37. The van der Waals surface area contributed by atoms with Crippen LogP contribution in [0.3, 0.4) is 0 Å². The Hall–Kier alpha value is -0.680. The summed E-state index contributed by atoms with van der Waals surface area (Å²) in [6.07, 6.45) is 3.51. The fourth-order valence-corrected chi connectivity index (χ4v) is 4.32. The minimum Gasteiger partial charge on any atom is -0.461 e. The molecule has 0 spiro atoms. The van der Waals surface area contributed by atoms with Crippen molar-refractivity contribution < 1.29 is 14.1 Å². The molecule has 18 heavy (non-hydrogen) atoms. The van der Waals surface area contributed by atoms with Crippen molar-refractivity contribution in [1.29, 1.82) is 0 Å². The van der Waals surface area contributed by atoms with E-state index in [9.17, 15) is 4.79 Å². The van der Waals surface area contributed by atoms with E-state index in [0.717, 1.165) is 24.5 Å². The molecule has 0 unspecified atom stereocenters. The highest BCUT2D eigenvalue weighted by Gasteiger charge is 2.20. The molecule has 0 atom stereocenters. The average Bonchev–Trinajstić information content (AvgIpc) is 2.84. The van der Waals surface area contributed by atoms with Crippen LogP contribution in [0.1, 0.15) is 18.5 Å². The van der Waals surface area contributed by atoms with Crippen LogP contribution >= 0.6 is 21.6 Å². The van der Waals surface area contributed by atoms with Crippen LogP contribution in [0.15, 0.2) is 24.4 Å². The molecule has 1 aromatic rings. The zero-order valence-corrected chi connectivity index (χ0v) is 12.1. The van der Waals surface area contributed by atoms with Crippen molar-refractivity contribution in [1.82, 2.24) is 0 Å². The Morgan fingerprint density at radius 3 is 2.94 bits per heavy atom. The molecule has 0 N–H and O–H groups in total. The van der Waals surface area contributed by atoms with Gasteiger partial charge in [-0.3, -0.25) is 4.79 Å². The largest absolute Gasteiger partial charge is 0.461 e. The number of ether oxygens (including phenoxy) is 1. The van der Waals surface area contributed by atoms with E-state index in [1.165, 1.54) is 5.69 Å². The summed E-state index contributed by atoms with van der Waals surface area (Å²) < 4.78 is 7.55. The Labute approximate surface area is 116 Å². The summed E-state index contributed by atoms with van der Waals surface area (Å²) in [5.41, 5.74) is 1.22. The van der Waals surface area contributed by atoms with Gasteiger partial charge >= 0.3 is 5.97 Å². The van der Waals surface area contributed by atoms with Crippen molar-refractivity contribution >= 4 is 27.6 Å². The number of hydrogen-bond donors (Lipinski definition) is 0. The molecule has 1 saturated heterocycles. The third-order valence-corrected chi connectivity index (χ3v) is 5.34. The highest BCUT2D eigenvalue weighted by molar-refractivity contribution is 8.77. The quantitative estimate of drug-likeness (QED) is 0.472. The molecule has 2 rings (SSSR count). The molecule has 1 fully saturated rings. The predicted molar refractivity (Wildman–Crippen MR) is 75.4 cm³/mol. The number of esters is 1. The molecule has 98 valence electrons. The summed E-state index contributed by atoms with van der Waals surface area (Å²) in [5.74, 6) is 1.81. The molecule has 0 amide bonds. The summed E-state index contributed by atoms with van der Waals surface area (Å²) in [4.78, 5) is 11.6. The van der Waals surface area contributed by atoms with Crippen LogP contribution in [0, 0.1) is 6.92 Å². The molecule has 0 aromatic carbocycles. The van der Waals surface area contributed by atoms with E-state index in [4.69, 9.17) is 4.74 Å². The van der Waals surface area contributed by atoms with Gasteiger partial charge in [-0.25, -0.2) is 4.57 Å². The lowest BCUT2D eigenvalue weighted by molar-refractivity contribution is -0.703. The molecule has 0 bridgehead atoms. The zero-order valence-electron chi connectivity index (χ0n) is 10.5. The molecule has 1 aliphatic heterocycles. The number of aromatic nitrogens is 1. The van der Waals surface area contributed by atoms with Crippen molar-refractivity contribution in [3.8, 4) is 0 Å². The Bertz CT molecular complexity index is 406. The Kier molecular flexibility index (Phi) is 5.38. The van der Waals surface area contributed by atoms with Gasteiger partial charge in [0.1, 0.15) is 12.6 Å². The van der Waals surface area contributed by atoms with E-state index < -0.39 is 0 Å². The van der Waals surface area contributed by atoms with Crippen molar-refractivity contribution in [2.45, 2.75) is 32.4 Å². The molecule has 5 heteroatoms. The fourth-order valence-electron chi connectivity index (χ4n) is 1.82. The lowest BCUT2D eigenvalue weighted by Gasteiger charge is -2.09. The van der Waals surface area contributed by atoms with E-state index in [2.05, 4.69) is 17.6 Å². The number of hydrogen-bond acceptors (Lipinski definition) is 4.